The Labute approximate surface area is 122 Å². The quantitative estimate of drug-likeness (QED) is 0.799. The highest BCUT2D eigenvalue weighted by Gasteiger charge is 2.23. The van der Waals surface area contributed by atoms with E-state index < -0.39 is 0 Å². The van der Waals surface area contributed by atoms with Crippen LogP contribution in [-0.2, 0) is 4.74 Å². The van der Waals surface area contributed by atoms with Crippen molar-refractivity contribution in [3.8, 4) is 5.75 Å². The van der Waals surface area contributed by atoms with Crippen LogP contribution in [0, 0.1) is 11.8 Å². The zero-order chi connectivity index (χ0) is 14.4. The zero-order valence-corrected chi connectivity index (χ0v) is 12.9. The molecular formula is C17H27NO2. The number of ether oxygens (including phenoxy) is 2. The molecule has 0 amide bonds. The lowest BCUT2D eigenvalue weighted by Gasteiger charge is -2.32. The van der Waals surface area contributed by atoms with Gasteiger partial charge in [0.15, 0.2) is 0 Å². The minimum absolute atomic E-state index is 0.598. The van der Waals surface area contributed by atoms with E-state index in [4.69, 9.17) is 9.47 Å². The van der Waals surface area contributed by atoms with E-state index in [2.05, 4.69) is 31.3 Å². The van der Waals surface area contributed by atoms with Gasteiger partial charge in [-0.05, 0) is 55.4 Å². The topological polar surface area (TPSA) is 30.5 Å². The molecule has 112 valence electrons. The van der Waals surface area contributed by atoms with Gasteiger partial charge in [0, 0.05) is 18.8 Å². The molecule has 1 aromatic rings. The molecule has 3 nitrogen and oxygen atoms in total. The van der Waals surface area contributed by atoms with Gasteiger partial charge < -0.3 is 14.8 Å². The lowest BCUT2D eigenvalue weighted by atomic mass is 9.80. The number of rotatable bonds is 6. The molecule has 0 bridgehead atoms. The van der Waals surface area contributed by atoms with Crippen LogP contribution in [0.4, 0.5) is 5.69 Å². The van der Waals surface area contributed by atoms with Crippen molar-refractivity contribution in [1.82, 2.24) is 0 Å². The number of methoxy groups -OCH3 is 1. The summed E-state index contributed by atoms with van der Waals surface area (Å²) in [4.78, 5) is 0. The smallest absolute Gasteiger partial charge is 0.119 e. The predicted octanol–water partition coefficient (Wildman–Crippen LogP) is 3.95. The van der Waals surface area contributed by atoms with Crippen LogP contribution < -0.4 is 10.1 Å². The molecule has 1 saturated carbocycles. The van der Waals surface area contributed by atoms with Crippen LogP contribution >= 0.6 is 0 Å². The maximum absolute atomic E-state index is 5.57. The van der Waals surface area contributed by atoms with Crippen molar-refractivity contribution in [3.05, 3.63) is 24.3 Å². The predicted molar refractivity (Wildman–Crippen MR) is 83.4 cm³/mol. The van der Waals surface area contributed by atoms with Gasteiger partial charge in [-0.25, -0.2) is 0 Å². The van der Waals surface area contributed by atoms with Crippen molar-refractivity contribution in [2.75, 3.05) is 25.6 Å². The average Bonchev–Trinajstić information content (AvgIpc) is 2.40. The largest absolute Gasteiger partial charge is 0.491 e. The summed E-state index contributed by atoms with van der Waals surface area (Å²) in [6, 6.07) is 8.86. The molecule has 0 aliphatic heterocycles. The third-order valence-corrected chi connectivity index (χ3v) is 3.96. The van der Waals surface area contributed by atoms with Crippen LogP contribution in [0.5, 0.6) is 5.75 Å². The number of hydrogen-bond acceptors (Lipinski definition) is 3. The Morgan fingerprint density at radius 1 is 1.00 bits per heavy atom. The molecule has 1 aromatic carbocycles. The summed E-state index contributed by atoms with van der Waals surface area (Å²) in [6.07, 6.45) is 3.91. The van der Waals surface area contributed by atoms with Crippen LogP contribution in [0.15, 0.2) is 24.3 Å². The summed E-state index contributed by atoms with van der Waals surface area (Å²) < 4.78 is 10.5. The third-order valence-electron chi connectivity index (χ3n) is 3.96. The van der Waals surface area contributed by atoms with Crippen molar-refractivity contribution in [3.63, 3.8) is 0 Å². The first-order valence-corrected chi connectivity index (χ1v) is 7.65. The van der Waals surface area contributed by atoms with E-state index in [1.807, 2.05) is 12.1 Å². The number of anilines is 1. The third kappa shape index (κ3) is 4.71. The van der Waals surface area contributed by atoms with Gasteiger partial charge in [-0.2, -0.15) is 0 Å². The van der Waals surface area contributed by atoms with E-state index >= 15 is 0 Å². The van der Waals surface area contributed by atoms with Gasteiger partial charge in [-0.15, -0.1) is 0 Å². The first-order chi connectivity index (χ1) is 9.67. The van der Waals surface area contributed by atoms with Gasteiger partial charge in [0.1, 0.15) is 12.4 Å². The maximum atomic E-state index is 5.57. The number of nitrogens with one attached hydrogen (secondary N) is 1. The van der Waals surface area contributed by atoms with Crippen molar-refractivity contribution in [2.24, 2.45) is 11.8 Å². The highest BCUT2D eigenvalue weighted by molar-refractivity contribution is 5.47. The molecule has 0 saturated heterocycles. The molecule has 2 rings (SSSR count). The fourth-order valence-corrected chi connectivity index (χ4v) is 3.19. The second kappa shape index (κ2) is 7.53. The Hall–Kier alpha value is -1.22. The van der Waals surface area contributed by atoms with Crippen molar-refractivity contribution < 1.29 is 9.47 Å². The summed E-state index contributed by atoms with van der Waals surface area (Å²) in [6.45, 7) is 5.94. The molecule has 1 N–H and O–H groups in total. The van der Waals surface area contributed by atoms with Gasteiger partial charge >= 0.3 is 0 Å². The van der Waals surface area contributed by atoms with Crippen molar-refractivity contribution in [1.29, 1.82) is 0 Å². The molecule has 0 radical (unpaired) electrons. The maximum Gasteiger partial charge on any atom is 0.119 e. The van der Waals surface area contributed by atoms with Crippen LogP contribution in [0.25, 0.3) is 0 Å². The molecule has 2 unspecified atom stereocenters. The molecule has 20 heavy (non-hydrogen) atoms. The van der Waals surface area contributed by atoms with Gasteiger partial charge in [0.05, 0.1) is 6.61 Å². The Bertz CT molecular complexity index is 380. The molecule has 0 aromatic heterocycles. The molecule has 2 atom stereocenters. The summed E-state index contributed by atoms with van der Waals surface area (Å²) in [5.74, 6) is 2.55. The SMILES string of the molecule is COCCOc1ccc(NC2CC(C)CC(C)C2)cc1. The van der Waals surface area contributed by atoms with E-state index in [-0.39, 0.29) is 0 Å². The molecule has 0 heterocycles. The standard InChI is InChI=1S/C17H27NO2/c1-13-10-14(2)12-16(11-13)18-15-4-6-17(7-5-15)20-9-8-19-3/h4-7,13-14,16,18H,8-12H2,1-3H3. The van der Waals surface area contributed by atoms with Crippen molar-refractivity contribution in [2.45, 2.75) is 39.2 Å². The highest BCUT2D eigenvalue weighted by atomic mass is 16.5. The zero-order valence-electron chi connectivity index (χ0n) is 12.9. The number of benzene rings is 1. The summed E-state index contributed by atoms with van der Waals surface area (Å²) in [7, 11) is 1.68. The Morgan fingerprint density at radius 3 is 2.25 bits per heavy atom. The van der Waals surface area contributed by atoms with Crippen LogP contribution in [0.2, 0.25) is 0 Å². The van der Waals surface area contributed by atoms with Gasteiger partial charge in [-0.3, -0.25) is 0 Å². The fourth-order valence-electron chi connectivity index (χ4n) is 3.19. The first kappa shape index (κ1) is 15.2. The lowest BCUT2D eigenvalue weighted by molar-refractivity contribution is 0.146. The van der Waals surface area contributed by atoms with E-state index in [9.17, 15) is 0 Å². The molecule has 1 fully saturated rings. The minimum Gasteiger partial charge on any atom is -0.491 e. The second-order valence-corrected chi connectivity index (χ2v) is 6.12. The van der Waals surface area contributed by atoms with E-state index in [1.54, 1.807) is 7.11 Å². The summed E-state index contributed by atoms with van der Waals surface area (Å²) in [5.41, 5.74) is 1.19. The first-order valence-electron chi connectivity index (χ1n) is 7.65. The minimum atomic E-state index is 0.598. The second-order valence-electron chi connectivity index (χ2n) is 6.12. The van der Waals surface area contributed by atoms with Crippen LogP contribution in [0.1, 0.15) is 33.1 Å². The van der Waals surface area contributed by atoms with Gasteiger partial charge in [-0.1, -0.05) is 13.8 Å². The molecule has 1 aliphatic rings. The van der Waals surface area contributed by atoms with E-state index in [0.717, 1.165) is 17.6 Å². The van der Waals surface area contributed by atoms with E-state index in [1.165, 1.54) is 24.9 Å². The summed E-state index contributed by atoms with van der Waals surface area (Å²) in [5, 5.41) is 3.66. The molecular weight excluding hydrogens is 250 g/mol. The monoisotopic (exact) mass is 277 g/mol. The molecule has 1 aliphatic carbocycles. The lowest BCUT2D eigenvalue weighted by Crippen LogP contribution is -2.30. The van der Waals surface area contributed by atoms with Crippen LogP contribution in [-0.4, -0.2) is 26.4 Å². The van der Waals surface area contributed by atoms with E-state index in [0.29, 0.717) is 19.3 Å². The van der Waals surface area contributed by atoms with Crippen LogP contribution in [0.3, 0.4) is 0 Å². The molecule has 0 spiro atoms. The highest BCUT2D eigenvalue weighted by Crippen LogP contribution is 2.30. The Morgan fingerprint density at radius 2 is 1.65 bits per heavy atom. The summed E-state index contributed by atoms with van der Waals surface area (Å²) >= 11 is 0. The van der Waals surface area contributed by atoms with Gasteiger partial charge in [0.2, 0.25) is 0 Å². The normalized spacial score (nSPS) is 26.2. The average molecular weight is 277 g/mol. The van der Waals surface area contributed by atoms with Crippen molar-refractivity contribution >= 4 is 5.69 Å². The fraction of sp³-hybridized carbons (Fsp3) is 0.647. The molecule has 3 heteroatoms. The van der Waals surface area contributed by atoms with Gasteiger partial charge in [0.25, 0.3) is 0 Å². The Kier molecular flexibility index (Phi) is 5.72. The number of hydrogen-bond donors (Lipinski definition) is 1. The Balaban J connectivity index is 1.83.